The number of anilines is 2. The first-order chi connectivity index (χ1) is 21.8. The van der Waals surface area contributed by atoms with Crippen LogP contribution in [0.25, 0.3) is 0 Å². The van der Waals surface area contributed by atoms with Gasteiger partial charge in [0, 0.05) is 21.7 Å². The van der Waals surface area contributed by atoms with E-state index >= 15 is 0 Å². The van der Waals surface area contributed by atoms with Crippen LogP contribution in [0.4, 0.5) is 11.4 Å². The van der Waals surface area contributed by atoms with Crippen LogP contribution in [0.1, 0.15) is 28.3 Å². The van der Waals surface area contributed by atoms with Crippen LogP contribution in [-0.2, 0) is 14.4 Å². The molecule has 0 radical (unpaired) electrons. The van der Waals surface area contributed by atoms with Gasteiger partial charge in [-0.15, -0.1) is 11.8 Å². The van der Waals surface area contributed by atoms with Crippen molar-refractivity contribution in [3.05, 3.63) is 98.5 Å². The molecule has 3 amide bonds. The summed E-state index contributed by atoms with van der Waals surface area (Å²) in [7, 11) is 0. The van der Waals surface area contributed by atoms with E-state index in [1.807, 2.05) is 49.4 Å². The number of aromatic nitrogens is 1. The van der Waals surface area contributed by atoms with Gasteiger partial charge < -0.3 is 20.1 Å². The molecule has 3 heterocycles. The van der Waals surface area contributed by atoms with Gasteiger partial charge in [-0.05, 0) is 85.2 Å². The SMILES string of the molecule is Cc1ccc(N2C(=O)C3C(C2=O)[C@@H]2C[C@H]3C3Sc4[nH]c(=O)sc4[C@H](c4cccc(OCC(=O)Nc5ccc(O)cc5)c4)C32)cc1. The number of aryl methyl sites for hydroxylation is 1. The molecule has 45 heavy (non-hydrogen) atoms. The Balaban J connectivity index is 1.08. The monoisotopic (exact) mass is 639 g/mol. The highest BCUT2D eigenvalue weighted by atomic mass is 32.2. The fourth-order valence-electron chi connectivity index (χ4n) is 8.03. The molecule has 3 aromatic carbocycles. The van der Waals surface area contributed by atoms with Gasteiger partial charge in [-0.25, -0.2) is 0 Å². The van der Waals surface area contributed by atoms with E-state index < -0.39 is 0 Å². The number of fused-ring (bicyclic) bond motifs is 9. The third kappa shape index (κ3) is 4.59. The predicted octanol–water partition coefficient (Wildman–Crippen LogP) is 5.15. The molecular formula is C34H29N3O6S2. The number of thioether (sulfide) groups is 1. The maximum Gasteiger partial charge on any atom is 0.305 e. The van der Waals surface area contributed by atoms with Crippen molar-refractivity contribution in [1.82, 2.24) is 4.98 Å². The number of carbonyl (C=O) groups excluding carboxylic acids is 3. The van der Waals surface area contributed by atoms with Crippen LogP contribution in [0.2, 0.25) is 0 Å². The Labute approximate surface area is 266 Å². The lowest BCUT2D eigenvalue weighted by molar-refractivity contribution is -0.123. The minimum absolute atomic E-state index is 0.000381. The van der Waals surface area contributed by atoms with Crippen LogP contribution < -0.4 is 19.8 Å². The fourth-order valence-corrected chi connectivity index (χ4v) is 10.9. The number of aromatic amines is 1. The zero-order valence-electron chi connectivity index (χ0n) is 24.1. The topological polar surface area (TPSA) is 129 Å². The van der Waals surface area contributed by atoms with Gasteiger partial charge >= 0.3 is 4.87 Å². The number of amides is 3. The molecule has 2 aliphatic heterocycles. The molecule has 3 fully saturated rings. The van der Waals surface area contributed by atoms with Crippen LogP contribution in [0.15, 0.2) is 82.6 Å². The summed E-state index contributed by atoms with van der Waals surface area (Å²) in [5.41, 5.74) is 3.19. The summed E-state index contributed by atoms with van der Waals surface area (Å²) in [6, 6.07) is 21.3. The number of hydrogen-bond donors (Lipinski definition) is 3. The second-order valence-electron chi connectivity index (χ2n) is 12.3. The molecule has 8 rings (SSSR count). The van der Waals surface area contributed by atoms with Gasteiger partial charge in [0.25, 0.3) is 5.91 Å². The van der Waals surface area contributed by atoms with Crippen LogP contribution in [0, 0.1) is 36.5 Å². The van der Waals surface area contributed by atoms with Crippen molar-refractivity contribution in [3.63, 3.8) is 0 Å². The largest absolute Gasteiger partial charge is 0.508 e. The van der Waals surface area contributed by atoms with Crippen LogP contribution >= 0.6 is 23.1 Å². The van der Waals surface area contributed by atoms with E-state index in [0.717, 1.165) is 27.5 Å². The number of nitrogens with one attached hydrogen (secondary N) is 2. The Bertz CT molecular complexity index is 1900. The van der Waals surface area contributed by atoms with E-state index in [9.17, 15) is 24.3 Å². The average molecular weight is 640 g/mol. The van der Waals surface area contributed by atoms with Crippen molar-refractivity contribution < 1.29 is 24.2 Å². The van der Waals surface area contributed by atoms with Crippen LogP contribution in [0.5, 0.6) is 11.5 Å². The zero-order valence-corrected chi connectivity index (χ0v) is 25.8. The Kier molecular flexibility index (Phi) is 6.65. The summed E-state index contributed by atoms with van der Waals surface area (Å²) in [4.78, 5) is 58.2. The molecule has 4 unspecified atom stereocenters. The number of imide groups is 1. The Morgan fingerprint density at radius 2 is 1.73 bits per heavy atom. The first-order valence-electron chi connectivity index (χ1n) is 14.9. The quantitative estimate of drug-likeness (QED) is 0.197. The molecule has 2 saturated carbocycles. The molecule has 2 bridgehead atoms. The van der Waals surface area contributed by atoms with Crippen molar-refractivity contribution in [1.29, 1.82) is 0 Å². The highest BCUT2D eigenvalue weighted by Crippen LogP contribution is 2.68. The molecule has 0 spiro atoms. The second kappa shape index (κ2) is 10.6. The molecule has 7 atom stereocenters. The summed E-state index contributed by atoms with van der Waals surface area (Å²) in [5, 5.41) is 13.1. The number of phenolic OH excluding ortho intramolecular Hbond substituents is 1. The van der Waals surface area contributed by atoms with Gasteiger partial charge in [0.15, 0.2) is 6.61 Å². The highest BCUT2D eigenvalue weighted by molar-refractivity contribution is 8.00. The molecule has 9 nitrogen and oxygen atoms in total. The number of hydrogen-bond acceptors (Lipinski definition) is 8. The Morgan fingerprint density at radius 3 is 2.49 bits per heavy atom. The number of phenols is 1. The number of nitrogens with zero attached hydrogens (tertiary/aromatic N) is 1. The van der Waals surface area contributed by atoms with E-state index in [4.69, 9.17) is 4.74 Å². The molecule has 1 aromatic heterocycles. The van der Waals surface area contributed by atoms with Crippen molar-refractivity contribution in [3.8, 4) is 11.5 Å². The number of carbonyl (C=O) groups is 3. The van der Waals surface area contributed by atoms with E-state index in [-0.39, 0.29) is 75.7 Å². The molecule has 3 N–H and O–H groups in total. The first-order valence-corrected chi connectivity index (χ1v) is 16.6. The Morgan fingerprint density at radius 1 is 1.00 bits per heavy atom. The molecule has 2 aliphatic carbocycles. The lowest BCUT2D eigenvalue weighted by Gasteiger charge is -2.43. The highest BCUT2D eigenvalue weighted by Gasteiger charge is 2.69. The normalized spacial score (nSPS) is 27.7. The number of aromatic hydroxyl groups is 1. The van der Waals surface area contributed by atoms with E-state index in [2.05, 4.69) is 10.3 Å². The van der Waals surface area contributed by atoms with Gasteiger partial charge in [-0.2, -0.15) is 0 Å². The summed E-state index contributed by atoms with van der Waals surface area (Å²) in [5.74, 6) is -0.738. The van der Waals surface area contributed by atoms with Gasteiger partial charge in [-0.1, -0.05) is 41.2 Å². The summed E-state index contributed by atoms with van der Waals surface area (Å²) < 4.78 is 5.90. The van der Waals surface area contributed by atoms with Gasteiger partial charge in [0.1, 0.15) is 11.5 Å². The second-order valence-corrected chi connectivity index (χ2v) is 14.5. The van der Waals surface area contributed by atoms with E-state index in [1.54, 1.807) is 30.0 Å². The van der Waals surface area contributed by atoms with Crippen molar-refractivity contribution in [2.24, 2.45) is 29.6 Å². The van der Waals surface area contributed by atoms with E-state index in [0.29, 0.717) is 17.1 Å². The third-order valence-electron chi connectivity index (χ3n) is 9.75. The molecule has 11 heteroatoms. The molecule has 1 saturated heterocycles. The average Bonchev–Trinajstić information content (AvgIpc) is 3.77. The maximum atomic E-state index is 14.0. The van der Waals surface area contributed by atoms with Gasteiger partial charge in [-0.3, -0.25) is 24.1 Å². The predicted molar refractivity (Wildman–Crippen MR) is 171 cm³/mol. The van der Waals surface area contributed by atoms with Crippen LogP contribution in [-0.4, -0.2) is 39.7 Å². The van der Waals surface area contributed by atoms with Crippen molar-refractivity contribution >= 4 is 52.2 Å². The molecule has 228 valence electrons. The lowest BCUT2D eigenvalue weighted by Crippen LogP contribution is -2.42. The minimum atomic E-state index is -0.381. The molecule has 4 aromatic rings. The third-order valence-corrected chi connectivity index (χ3v) is 12.3. The Hall–Kier alpha value is -4.35. The molecule has 4 aliphatic rings. The zero-order chi connectivity index (χ0) is 31.0. The summed E-state index contributed by atoms with van der Waals surface area (Å²) >= 11 is 2.86. The minimum Gasteiger partial charge on any atom is -0.508 e. The van der Waals surface area contributed by atoms with Crippen molar-refractivity contribution in [2.75, 3.05) is 16.8 Å². The standard InChI is InChI=1S/C34H29N3O6S2/c1-16-5-9-19(10-6-16)37-32(40)27-22-14-23(28(27)33(37)41)29-26(22)25(30-31(44-29)36-34(42)45-30)17-3-2-4-21(13-17)43-15-24(39)35-18-7-11-20(38)12-8-18/h2-13,22-23,25-29,38H,14-15H2,1H3,(H,35,39)(H,36,42)/t22-,23-,25-,26?,27?,28?,29?/m1/s1. The number of ether oxygens (including phenoxy) is 1. The van der Waals surface area contributed by atoms with Crippen molar-refractivity contribution in [2.45, 2.75) is 29.5 Å². The fraction of sp³-hybridized carbons (Fsp3) is 0.294. The number of benzene rings is 3. The summed E-state index contributed by atoms with van der Waals surface area (Å²) in [6.45, 7) is 1.77. The smallest absolute Gasteiger partial charge is 0.305 e. The number of rotatable bonds is 6. The van der Waals surface area contributed by atoms with Gasteiger partial charge in [0.05, 0.1) is 22.5 Å². The maximum absolute atomic E-state index is 14.0. The number of thiazole rings is 1. The van der Waals surface area contributed by atoms with E-state index in [1.165, 1.54) is 28.4 Å². The first kappa shape index (κ1) is 28.1. The lowest BCUT2D eigenvalue weighted by atomic mass is 9.68. The summed E-state index contributed by atoms with van der Waals surface area (Å²) in [6.07, 6.45) is 0.806. The van der Waals surface area contributed by atoms with Crippen LogP contribution in [0.3, 0.4) is 0 Å². The van der Waals surface area contributed by atoms with Gasteiger partial charge in [0.2, 0.25) is 11.8 Å². The number of H-pyrrole nitrogens is 1. The molecular weight excluding hydrogens is 611 g/mol.